The predicted molar refractivity (Wildman–Crippen MR) is 97.5 cm³/mol. The third-order valence-electron chi connectivity index (χ3n) is 7.05. The molecule has 2 aliphatic rings. The first-order chi connectivity index (χ1) is 11.1. The highest BCUT2D eigenvalue weighted by Gasteiger charge is 2.57. The number of hydrogen-bond donors (Lipinski definition) is 1. The molecule has 0 aromatic rings. The van der Waals surface area contributed by atoms with Gasteiger partial charge in [0.1, 0.15) is 0 Å². The fraction of sp³-hybridized carbons (Fsp3) is 0.762. The highest BCUT2D eigenvalue weighted by atomic mass is 16.5. The van der Waals surface area contributed by atoms with Crippen LogP contribution >= 0.6 is 0 Å². The van der Waals surface area contributed by atoms with E-state index in [-0.39, 0.29) is 11.4 Å². The monoisotopic (exact) mass is 334 g/mol. The van der Waals surface area contributed by atoms with Crippen LogP contribution in [0.5, 0.6) is 0 Å². The van der Waals surface area contributed by atoms with Gasteiger partial charge in [-0.05, 0) is 69.6 Å². The number of methoxy groups -OCH3 is 1. The summed E-state index contributed by atoms with van der Waals surface area (Å²) in [6.07, 6.45) is 8.23. The van der Waals surface area contributed by atoms with Crippen LogP contribution in [0.2, 0.25) is 0 Å². The van der Waals surface area contributed by atoms with Crippen molar-refractivity contribution in [2.24, 2.45) is 22.7 Å². The van der Waals surface area contributed by atoms with Gasteiger partial charge in [-0.25, -0.2) is 0 Å². The van der Waals surface area contributed by atoms with E-state index in [1.807, 2.05) is 6.92 Å². The average molecular weight is 335 g/mol. The molecule has 0 saturated heterocycles. The zero-order chi connectivity index (χ0) is 18.2. The minimum Gasteiger partial charge on any atom is -0.469 e. The predicted octanol–water partition coefficient (Wildman–Crippen LogP) is 4.66. The van der Waals surface area contributed by atoms with E-state index in [1.54, 1.807) is 6.08 Å². The van der Waals surface area contributed by atoms with Crippen molar-refractivity contribution in [3.8, 4) is 0 Å². The number of carbonyl (C=O) groups is 1. The van der Waals surface area contributed by atoms with E-state index in [9.17, 15) is 9.90 Å². The minimum absolute atomic E-state index is 0.0494. The van der Waals surface area contributed by atoms with Crippen molar-refractivity contribution in [3.05, 3.63) is 24.8 Å². The number of allylic oxidation sites excluding steroid dienone is 1. The van der Waals surface area contributed by atoms with Gasteiger partial charge in [0, 0.05) is 0 Å². The summed E-state index contributed by atoms with van der Waals surface area (Å²) >= 11 is 0. The highest BCUT2D eigenvalue weighted by Crippen LogP contribution is 2.62. The molecule has 0 radical (unpaired) electrons. The summed E-state index contributed by atoms with van der Waals surface area (Å²) in [5.41, 5.74) is 0.0852. The van der Waals surface area contributed by atoms with E-state index in [4.69, 9.17) is 4.74 Å². The van der Waals surface area contributed by atoms with Crippen molar-refractivity contribution in [2.75, 3.05) is 7.11 Å². The van der Waals surface area contributed by atoms with Crippen LogP contribution in [0.3, 0.4) is 0 Å². The molecule has 0 heterocycles. The van der Waals surface area contributed by atoms with Crippen LogP contribution in [0.1, 0.15) is 65.7 Å². The second kappa shape index (κ2) is 6.67. The molecule has 0 aromatic carbocycles. The first-order valence-electron chi connectivity index (χ1n) is 9.23. The molecule has 2 saturated carbocycles. The van der Waals surface area contributed by atoms with Crippen LogP contribution in [0.25, 0.3) is 0 Å². The van der Waals surface area contributed by atoms with Gasteiger partial charge in [0.25, 0.3) is 0 Å². The molecule has 3 nitrogen and oxygen atoms in total. The lowest BCUT2D eigenvalue weighted by Gasteiger charge is -2.57. The Morgan fingerprint density at radius 3 is 2.71 bits per heavy atom. The van der Waals surface area contributed by atoms with Gasteiger partial charge in [-0.3, -0.25) is 4.79 Å². The van der Waals surface area contributed by atoms with Gasteiger partial charge in [0.15, 0.2) is 0 Å². The maximum atomic E-state index is 12.5. The second-order valence-corrected chi connectivity index (χ2v) is 8.67. The first-order valence-corrected chi connectivity index (χ1v) is 9.23. The third-order valence-corrected chi connectivity index (χ3v) is 7.05. The lowest BCUT2D eigenvalue weighted by molar-refractivity contribution is -0.168. The summed E-state index contributed by atoms with van der Waals surface area (Å²) in [7, 11) is 1.50. The molecule has 0 aliphatic heterocycles. The van der Waals surface area contributed by atoms with Crippen molar-refractivity contribution in [1.29, 1.82) is 0 Å². The van der Waals surface area contributed by atoms with Gasteiger partial charge in [-0.2, -0.15) is 0 Å². The molecule has 0 amide bonds. The van der Waals surface area contributed by atoms with Crippen LogP contribution in [0.4, 0.5) is 0 Å². The molecule has 1 N–H and O–H groups in total. The standard InChI is InChI=1S/C21H34O3/c1-7-19(3,23)14-11-16-15(2)9-10-17-20(16,4)12-8-13-21(17,5)18(22)24-6/h7,16-17,23H,1-2,8-14H2,3-6H3/t16-,17+,19+,20+,21+/m0/s1. The maximum absolute atomic E-state index is 12.5. The number of rotatable bonds is 5. The number of ether oxygens (including phenoxy) is 1. The Morgan fingerprint density at radius 1 is 1.46 bits per heavy atom. The van der Waals surface area contributed by atoms with E-state index < -0.39 is 11.0 Å². The molecule has 2 fully saturated rings. The summed E-state index contributed by atoms with van der Waals surface area (Å²) in [6, 6.07) is 0. The molecule has 3 heteroatoms. The van der Waals surface area contributed by atoms with E-state index in [1.165, 1.54) is 12.7 Å². The van der Waals surface area contributed by atoms with Gasteiger partial charge in [0.05, 0.1) is 18.1 Å². The Hall–Kier alpha value is -1.09. The van der Waals surface area contributed by atoms with Crippen molar-refractivity contribution in [1.82, 2.24) is 0 Å². The van der Waals surface area contributed by atoms with Gasteiger partial charge in [-0.15, -0.1) is 6.58 Å². The van der Waals surface area contributed by atoms with Crippen molar-refractivity contribution < 1.29 is 14.6 Å². The number of carbonyl (C=O) groups excluding carboxylic acids is 1. The summed E-state index contributed by atoms with van der Waals surface area (Å²) in [5, 5.41) is 10.3. The molecular weight excluding hydrogens is 300 g/mol. The lowest BCUT2D eigenvalue weighted by atomic mass is 9.46. The first kappa shape index (κ1) is 19.2. The van der Waals surface area contributed by atoms with E-state index in [2.05, 4.69) is 27.0 Å². The quantitative estimate of drug-likeness (QED) is 0.588. The van der Waals surface area contributed by atoms with Crippen LogP contribution in [-0.2, 0) is 9.53 Å². The Kier molecular flexibility index (Phi) is 5.34. The minimum atomic E-state index is -0.843. The smallest absolute Gasteiger partial charge is 0.311 e. The summed E-state index contributed by atoms with van der Waals surface area (Å²) in [5.74, 6) is 0.588. The Labute approximate surface area is 147 Å². The SMILES string of the molecule is C=C[C@@](C)(O)CC[C@H]1C(=C)CC[C@@H]2[C@]1(C)CCC[C@@]2(C)C(=O)OC. The molecular formula is C21H34O3. The number of hydrogen-bond acceptors (Lipinski definition) is 3. The highest BCUT2D eigenvalue weighted by molar-refractivity contribution is 5.77. The Bertz CT molecular complexity index is 521. The zero-order valence-electron chi connectivity index (χ0n) is 15.9. The second-order valence-electron chi connectivity index (χ2n) is 8.67. The van der Waals surface area contributed by atoms with E-state index in [0.29, 0.717) is 18.3 Å². The molecule has 2 aliphatic carbocycles. The average Bonchev–Trinajstić information content (AvgIpc) is 2.53. The van der Waals surface area contributed by atoms with Crippen LogP contribution in [0.15, 0.2) is 24.8 Å². The van der Waals surface area contributed by atoms with Crippen LogP contribution in [-0.4, -0.2) is 23.8 Å². The van der Waals surface area contributed by atoms with E-state index in [0.717, 1.165) is 38.5 Å². The lowest BCUT2D eigenvalue weighted by Crippen LogP contribution is -2.53. The fourth-order valence-corrected chi connectivity index (χ4v) is 5.50. The number of esters is 1. The zero-order valence-corrected chi connectivity index (χ0v) is 15.9. The van der Waals surface area contributed by atoms with Gasteiger partial charge < -0.3 is 9.84 Å². The normalized spacial score (nSPS) is 38.8. The van der Waals surface area contributed by atoms with E-state index >= 15 is 0 Å². The molecule has 0 spiro atoms. The summed E-state index contributed by atoms with van der Waals surface area (Å²) in [4.78, 5) is 12.5. The Balaban J connectivity index is 2.30. The molecule has 0 bridgehead atoms. The molecule has 2 rings (SSSR count). The summed E-state index contributed by atoms with van der Waals surface area (Å²) < 4.78 is 5.17. The van der Waals surface area contributed by atoms with Crippen molar-refractivity contribution >= 4 is 5.97 Å². The van der Waals surface area contributed by atoms with Gasteiger partial charge >= 0.3 is 5.97 Å². The maximum Gasteiger partial charge on any atom is 0.311 e. The molecule has 136 valence electrons. The third kappa shape index (κ3) is 3.20. The number of fused-ring (bicyclic) bond motifs is 1. The van der Waals surface area contributed by atoms with Crippen molar-refractivity contribution in [3.63, 3.8) is 0 Å². The molecule has 5 atom stereocenters. The largest absolute Gasteiger partial charge is 0.469 e. The molecule has 0 unspecified atom stereocenters. The number of aliphatic hydroxyl groups is 1. The van der Waals surface area contributed by atoms with Crippen molar-refractivity contribution in [2.45, 2.75) is 71.3 Å². The fourth-order valence-electron chi connectivity index (χ4n) is 5.50. The van der Waals surface area contributed by atoms with Gasteiger partial charge in [0.2, 0.25) is 0 Å². The molecule has 0 aromatic heterocycles. The Morgan fingerprint density at radius 2 is 2.12 bits per heavy atom. The van der Waals surface area contributed by atoms with Crippen LogP contribution in [0, 0.1) is 22.7 Å². The molecule has 24 heavy (non-hydrogen) atoms. The summed E-state index contributed by atoms with van der Waals surface area (Å²) in [6.45, 7) is 14.3. The topological polar surface area (TPSA) is 46.5 Å². The van der Waals surface area contributed by atoms with Crippen LogP contribution < -0.4 is 0 Å². The van der Waals surface area contributed by atoms with Gasteiger partial charge in [-0.1, -0.05) is 31.6 Å².